The van der Waals surface area contributed by atoms with Crippen LogP contribution in [0.15, 0.2) is 48.0 Å². The van der Waals surface area contributed by atoms with Gasteiger partial charge in [-0.2, -0.15) is 13.2 Å². The molecule has 28 heavy (non-hydrogen) atoms. The third kappa shape index (κ3) is 3.40. The summed E-state index contributed by atoms with van der Waals surface area (Å²) in [6.45, 7) is -0.0662. The van der Waals surface area contributed by atoms with Crippen molar-refractivity contribution in [2.75, 3.05) is 23.9 Å². The van der Waals surface area contributed by atoms with Crippen molar-refractivity contribution in [3.63, 3.8) is 0 Å². The smallest absolute Gasteiger partial charge is 0.416 e. The van der Waals surface area contributed by atoms with Gasteiger partial charge in [0.05, 0.1) is 11.3 Å². The van der Waals surface area contributed by atoms with E-state index in [2.05, 4.69) is 10.3 Å². The number of rotatable bonds is 3. The highest BCUT2D eigenvalue weighted by atomic mass is 32.1. The number of likely N-dealkylation sites (N-methyl/N-ethyl adjacent to an activating group) is 1. The number of hydrogen-bond acceptors (Lipinski definition) is 5. The number of halogens is 3. The number of nitrogens with zero attached hydrogens (tertiary/aromatic N) is 2. The maximum Gasteiger partial charge on any atom is 0.416 e. The van der Waals surface area contributed by atoms with E-state index in [1.54, 1.807) is 36.8 Å². The van der Waals surface area contributed by atoms with Crippen LogP contribution in [-0.4, -0.2) is 24.5 Å². The summed E-state index contributed by atoms with van der Waals surface area (Å²) in [4.78, 5) is 17.5. The zero-order chi connectivity index (χ0) is 19.9. The molecule has 2 heterocycles. The first kappa shape index (κ1) is 18.3. The number of carbonyl (C=O) groups is 1. The molecule has 1 aromatic heterocycles. The number of alkyl halides is 3. The number of aromatic nitrogens is 1. The first-order valence-electron chi connectivity index (χ1n) is 8.24. The molecule has 1 aliphatic heterocycles. The first-order valence-corrected chi connectivity index (χ1v) is 9.12. The molecule has 5 nitrogen and oxygen atoms in total. The largest absolute Gasteiger partial charge is 0.482 e. The Morgan fingerprint density at radius 1 is 1.21 bits per heavy atom. The molecule has 0 spiro atoms. The van der Waals surface area contributed by atoms with Gasteiger partial charge in [-0.05, 0) is 35.9 Å². The van der Waals surface area contributed by atoms with Gasteiger partial charge in [0.1, 0.15) is 5.75 Å². The number of anilines is 3. The lowest BCUT2D eigenvalue weighted by atomic mass is 9.99. The molecule has 0 bridgehead atoms. The second-order valence-corrected chi connectivity index (χ2v) is 7.04. The van der Waals surface area contributed by atoms with E-state index in [1.165, 1.54) is 22.3 Å². The predicted octanol–water partition coefficient (Wildman–Crippen LogP) is 4.93. The summed E-state index contributed by atoms with van der Waals surface area (Å²) in [6, 6.07) is 8.46. The standard InChI is InChI=1S/C19H14F3N3O2S/c1-25-15-8-11(2-5-16(15)27-10-17(25)26)13-9-12(19(20,21)22)3-4-14(13)24-18-23-6-7-28-18/h2-9H,10H2,1H3,(H,23,24). The normalized spacial score (nSPS) is 13.9. The minimum atomic E-state index is -4.47. The van der Waals surface area contributed by atoms with Crippen molar-refractivity contribution < 1.29 is 22.7 Å². The fourth-order valence-corrected chi connectivity index (χ4v) is 3.45. The van der Waals surface area contributed by atoms with Crippen LogP contribution in [0.2, 0.25) is 0 Å². The van der Waals surface area contributed by atoms with E-state index < -0.39 is 11.7 Å². The second-order valence-electron chi connectivity index (χ2n) is 6.14. The Morgan fingerprint density at radius 2 is 2.04 bits per heavy atom. The van der Waals surface area contributed by atoms with E-state index in [0.717, 1.165) is 12.1 Å². The predicted molar refractivity (Wildman–Crippen MR) is 101 cm³/mol. The quantitative estimate of drug-likeness (QED) is 0.672. The molecule has 1 N–H and O–H groups in total. The topological polar surface area (TPSA) is 54.5 Å². The number of fused-ring (bicyclic) bond motifs is 1. The van der Waals surface area contributed by atoms with Crippen LogP contribution in [0.4, 0.5) is 29.7 Å². The van der Waals surface area contributed by atoms with Crippen molar-refractivity contribution in [2.45, 2.75) is 6.18 Å². The number of hydrogen-bond donors (Lipinski definition) is 1. The molecule has 0 saturated carbocycles. The molecule has 3 aromatic rings. The van der Waals surface area contributed by atoms with E-state index >= 15 is 0 Å². The number of amides is 1. The fraction of sp³-hybridized carbons (Fsp3) is 0.158. The van der Waals surface area contributed by atoms with Gasteiger partial charge in [0.25, 0.3) is 5.91 Å². The Balaban J connectivity index is 1.84. The highest BCUT2D eigenvalue weighted by Crippen LogP contribution is 2.41. The van der Waals surface area contributed by atoms with Gasteiger partial charge < -0.3 is 15.0 Å². The van der Waals surface area contributed by atoms with Gasteiger partial charge >= 0.3 is 6.18 Å². The Bertz CT molecular complexity index is 1040. The van der Waals surface area contributed by atoms with Crippen LogP contribution in [0, 0.1) is 0 Å². The highest BCUT2D eigenvalue weighted by molar-refractivity contribution is 7.13. The van der Waals surface area contributed by atoms with Crippen LogP contribution in [0.5, 0.6) is 5.75 Å². The number of carbonyl (C=O) groups excluding carboxylic acids is 1. The van der Waals surface area contributed by atoms with E-state index in [4.69, 9.17) is 4.74 Å². The molecule has 0 radical (unpaired) electrons. The summed E-state index contributed by atoms with van der Waals surface area (Å²) in [5.41, 5.74) is 1.10. The molecule has 0 saturated heterocycles. The molecule has 1 aliphatic rings. The molecule has 4 rings (SSSR count). The van der Waals surface area contributed by atoms with Crippen molar-refractivity contribution in [3.05, 3.63) is 53.5 Å². The molecule has 1 amide bonds. The lowest BCUT2D eigenvalue weighted by Crippen LogP contribution is -2.35. The average molecular weight is 405 g/mol. The summed E-state index contributed by atoms with van der Waals surface area (Å²) < 4.78 is 45.2. The molecule has 0 aliphatic carbocycles. The summed E-state index contributed by atoms with van der Waals surface area (Å²) in [6.07, 6.45) is -2.87. The third-order valence-corrected chi connectivity index (χ3v) is 5.07. The van der Waals surface area contributed by atoms with Crippen LogP contribution in [0.3, 0.4) is 0 Å². The molecule has 0 fully saturated rings. The Kier molecular flexibility index (Phi) is 4.46. The van der Waals surface area contributed by atoms with Crippen molar-refractivity contribution >= 4 is 33.8 Å². The minimum absolute atomic E-state index is 0.0662. The van der Waals surface area contributed by atoms with Crippen molar-refractivity contribution in [3.8, 4) is 16.9 Å². The molecular weight excluding hydrogens is 391 g/mol. The Hall–Kier alpha value is -3.07. The maximum atomic E-state index is 13.3. The SMILES string of the molecule is CN1C(=O)COc2ccc(-c3cc(C(F)(F)F)ccc3Nc3nccs3)cc21. The Labute approximate surface area is 162 Å². The van der Waals surface area contributed by atoms with Crippen molar-refractivity contribution in [2.24, 2.45) is 0 Å². The monoisotopic (exact) mass is 405 g/mol. The van der Waals surface area contributed by atoms with Crippen LogP contribution < -0.4 is 15.0 Å². The number of benzene rings is 2. The van der Waals surface area contributed by atoms with Gasteiger partial charge in [-0.3, -0.25) is 4.79 Å². The van der Waals surface area contributed by atoms with Crippen molar-refractivity contribution in [1.82, 2.24) is 4.98 Å². The average Bonchev–Trinajstić information content (AvgIpc) is 3.17. The van der Waals surface area contributed by atoms with Crippen LogP contribution in [0.1, 0.15) is 5.56 Å². The number of ether oxygens (including phenoxy) is 1. The zero-order valence-corrected chi connectivity index (χ0v) is 15.4. The third-order valence-electron chi connectivity index (χ3n) is 4.38. The summed E-state index contributed by atoms with van der Waals surface area (Å²) in [5, 5.41) is 5.39. The highest BCUT2D eigenvalue weighted by Gasteiger charge is 2.31. The van der Waals surface area contributed by atoms with Gasteiger partial charge in [0.15, 0.2) is 11.7 Å². The zero-order valence-electron chi connectivity index (χ0n) is 14.6. The van der Waals surface area contributed by atoms with E-state index in [0.29, 0.717) is 33.4 Å². The molecule has 2 aromatic carbocycles. The van der Waals surface area contributed by atoms with Crippen LogP contribution >= 0.6 is 11.3 Å². The molecule has 9 heteroatoms. The fourth-order valence-electron chi connectivity index (χ4n) is 2.91. The lowest BCUT2D eigenvalue weighted by Gasteiger charge is -2.26. The number of nitrogens with one attached hydrogen (secondary N) is 1. The maximum absolute atomic E-state index is 13.3. The van der Waals surface area contributed by atoms with E-state index in [9.17, 15) is 18.0 Å². The van der Waals surface area contributed by atoms with Gasteiger partial charge in [0.2, 0.25) is 0 Å². The van der Waals surface area contributed by atoms with Crippen LogP contribution in [0.25, 0.3) is 11.1 Å². The lowest BCUT2D eigenvalue weighted by molar-refractivity contribution is -0.137. The van der Waals surface area contributed by atoms with Gasteiger partial charge in [-0.1, -0.05) is 6.07 Å². The summed E-state index contributed by atoms with van der Waals surface area (Å²) in [5.74, 6) is 0.280. The first-order chi connectivity index (χ1) is 13.3. The van der Waals surface area contributed by atoms with Gasteiger partial charge in [-0.25, -0.2) is 4.98 Å². The summed E-state index contributed by atoms with van der Waals surface area (Å²) >= 11 is 1.34. The molecule has 0 atom stereocenters. The Morgan fingerprint density at radius 3 is 2.75 bits per heavy atom. The van der Waals surface area contributed by atoms with E-state index in [1.807, 2.05) is 0 Å². The molecular formula is C19H14F3N3O2S. The van der Waals surface area contributed by atoms with Gasteiger partial charge in [0, 0.05) is 29.9 Å². The minimum Gasteiger partial charge on any atom is -0.482 e. The van der Waals surface area contributed by atoms with Crippen molar-refractivity contribution in [1.29, 1.82) is 0 Å². The molecule has 0 unspecified atom stereocenters. The van der Waals surface area contributed by atoms with Crippen LogP contribution in [-0.2, 0) is 11.0 Å². The van der Waals surface area contributed by atoms with Gasteiger partial charge in [-0.15, -0.1) is 11.3 Å². The van der Waals surface area contributed by atoms with E-state index in [-0.39, 0.29) is 12.5 Å². The summed E-state index contributed by atoms with van der Waals surface area (Å²) in [7, 11) is 1.61. The number of thiazole rings is 1. The molecule has 144 valence electrons. The second kappa shape index (κ2) is 6.83.